The first-order chi connectivity index (χ1) is 7.93. The Balaban J connectivity index is 2.29. The molecule has 0 bridgehead atoms. The smallest absolute Gasteiger partial charge is 0.327 e. The summed E-state index contributed by atoms with van der Waals surface area (Å²) in [6.07, 6.45) is -3.78. The number of rotatable bonds is 3. The van der Waals surface area contributed by atoms with Gasteiger partial charge >= 0.3 is 12.3 Å². The summed E-state index contributed by atoms with van der Waals surface area (Å²) in [6.45, 7) is 0.709. The van der Waals surface area contributed by atoms with Crippen molar-refractivity contribution in [2.45, 2.75) is 30.9 Å². The molecule has 0 N–H and O–H groups in total. The molecule has 17 heavy (non-hydrogen) atoms. The number of benzene rings is 1. The summed E-state index contributed by atoms with van der Waals surface area (Å²) < 4.78 is 55.6. The molecule has 0 radical (unpaired) electrons. The van der Waals surface area contributed by atoms with Crippen LogP contribution in [0.5, 0.6) is 0 Å². The van der Waals surface area contributed by atoms with Crippen LogP contribution in [0.15, 0.2) is 18.2 Å². The van der Waals surface area contributed by atoms with Crippen LogP contribution in [0.4, 0.5) is 17.6 Å². The number of hydrogen-bond donors (Lipinski definition) is 0. The number of hydrogen-bond acceptors (Lipinski definition) is 1. The molecule has 2 rings (SSSR count). The highest BCUT2D eigenvalue weighted by molar-refractivity contribution is 6.21. The van der Waals surface area contributed by atoms with E-state index in [1.807, 2.05) is 0 Å². The zero-order valence-corrected chi connectivity index (χ0v) is 9.35. The molecule has 94 valence electrons. The fourth-order valence-electron chi connectivity index (χ4n) is 1.68. The molecule has 1 heterocycles. The lowest BCUT2D eigenvalue weighted by atomic mass is 10.0. The minimum atomic E-state index is -4.24. The Morgan fingerprint density at radius 2 is 1.82 bits per heavy atom. The van der Waals surface area contributed by atoms with Crippen molar-refractivity contribution in [1.29, 1.82) is 0 Å². The van der Waals surface area contributed by atoms with E-state index in [-0.39, 0.29) is 5.56 Å². The van der Waals surface area contributed by atoms with Gasteiger partial charge in [0.2, 0.25) is 0 Å². The van der Waals surface area contributed by atoms with Gasteiger partial charge in [0.05, 0.1) is 13.2 Å². The number of ether oxygens (including phenoxy) is 1. The minimum absolute atomic E-state index is 0.0128. The molecule has 0 amide bonds. The molecular formula is C11H9ClF4O. The standard InChI is InChI=1S/C11H9ClF4O/c12-9(11(15,16)10(13)14)6-1-2-7-4-17-5-8(7)3-6/h1-3,9-10H,4-5H2. The van der Waals surface area contributed by atoms with E-state index in [9.17, 15) is 17.6 Å². The van der Waals surface area contributed by atoms with E-state index in [1.54, 1.807) is 6.07 Å². The second-order valence-corrected chi connectivity index (χ2v) is 4.30. The lowest BCUT2D eigenvalue weighted by Gasteiger charge is -2.21. The summed E-state index contributed by atoms with van der Waals surface area (Å²) in [6, 6.07) is 4.31. The fraction of sp³-hybridized carbons (Fsp3) is 0.455. The monoisotopic (exact) mass is 268 g/mol. The third-order valence-electron chi connectivity index (χ3n) is 2.67. The van der Waals surface area contributed by atoms with Crippen LogP contribution in [-0.4, -0.2) is 12.3 Å². The second-order valence-electron chi connectivity index (χ2n) is 3.86. The Kier molecular flexibility index (Phi) is 3.32. The molecule has 0 saturated heterocycles. The van der Waals surface area contributed by atoms with Crippen LogP contribution in [-0.2, 0) is 18.0 Å². The Hall–Kier alpha value is -0.810. The highest BCUT2D eigenvalue weighted by Crippen LogP contribution is 2.42. The second kappa shape index (κ2) is 4.46. The zero-order valence-electron chi connectivity index (χ0n) is 8.60. The Morgan fingerprint density at radius 1 is 1.18 bits per heavy atom. The first-order valence-corrected chi connectivity index (χ1v) is 5.36. The minimum Gasteiger partial charge on any atom is -0.372 e. The molecule has 0 saturated carbocycles. The van der Waals surface area contributed by atoms with Gasteiger partial charge in [0.15, 0.2) is 0 Å². The van der Waals surface area contributed by atoms with Crippen molar-refractivity contribution in [2.24, 2.45) is 0 Å². The van der Waals surface area contributed by atoms with E-state index >= 15 is 0 Å². The first-order valence-electron chi connectivity index (χ1n) is 4.92. The largest absolute Gasteiger partial charge is 0.372 e. The Bertz CT molecular complexity index is 422. The van der Waals surface area contributed by atoms with Crippen LogP contribution >= 0.6 is 11.6 Å². The normalized spacial score (nSPS) is 17.3. The summed E-state index contributed by atoms with van der Waals surface area (Å²) in [5.74, 6) is -4.24. The van der Waals surface area contributed by atoms with Crippen LogP contribution < -0.4 is 0 Å². The van der Waals surface area contributed by atoms with Crippen molar-refractivity contribution >= 4 is 11.6 Å². The summed E-state index contributed by atoms with van der Waals surface area (Å²) in [4.78, 5) is 0. The molecule has 6 heteroatoms. The van der Waals surface area contributed by atoms with Gasteiger partial charge in [-0.05, 0) is 16.7 Å². The Morgan fingerprint density at radius 3 is 2.47 bits per heavy atom. The van der Waals surface area contributed by atoms with Crippen molar-refractivity contribution in [2.75, 3.05) is 0 Å². The van der Waals surface area contributed by atoms with Gasteiger partial charge in [-0.15, -0.1) is 11.6 Å². The van der Waals surface area contributed by atoms with Crippen molar-refractivity contribution in [1.82, 2.24) is 0 Å². The van der Waals surface area contributed by atoms with Gasteiger partial charge in [-0.3, -0.25) is 0 Å². The average molecular weight is 269 g/mol. The molecule has 0 aliphatic carbocycles. The highest BCUT2D eigenvalue weighted by Gasteiger charge is 2.48. The maximum absolute atomic E-state index is 13.1. The van der Waals surface area contributed by atoms with E-state index in [1.165, 1.54) is 12.1 Å². The molecule has 1 unspecified atom stereocenters. The first kappa shape index (κ1) is 12.6. The highest BCUT2D eigenvalue weighted by atomic mass is 35.5. The summed E-state index contributed by atoms with van der Waals surface area (Å²) in [7, 11) is 0. The van der Waals surface area contributed by atoms with Crippen molar-refractivity contribution in [3.63, 3.8) is 0 Å². The van der Waals surface area contributed by atoms with E-state index in [2.05, 4.69) is 0 Å². The lowest BCUT2D eigenvalue weighted by molar-refractivity contribution is -0.130. The Labute approximate surface area is 100 Å². The number of fused-ring (bicyclic) bond motifs is 1. The molecule has 1 atom stereocenters. The topological polar surface area (TPSA) is 9.23 Å². The predicted octanol–water partition coefficient (Wildman–Crippen LogP) is 3.90. The van der Waals surface area contributed by atoms with Crippen LogP contribution in [0.25, 0.3) is 0 Å². The van der Waals surface area contributed by atoms with Gasteiger partial charge in [0.1, 0.15) is 5.38 Å². The fourth-order valence-corrected chi connectivity index (χ4v) is 1.91. The van der Waals surface area contributed by atoms with Crippen molar-refractivity contribution in [3.8, 4) is 0 Å². The molecule has 1 aliphatic heterocycles. The molecule has 1 aromatic rings. The van der Waals surface area contributed by atoms with E-state index < -0.39 is 17.7 Å². The van der Waals surface area contributed by atoms with Gasteiger partial charge in [-0.25, -0.2) is 8.78 Å². The molecule has 1 aliphatic rings. The number of alkyl halides is 5. The van der Waals surface area contributed by atoms with Crippen LogP contribution in [0.2, 0.25) is 0 Å². The third-order valence-corrected chi connectivity index (χ3v) is 3.21. The van der Waals surface area contributed by atoms with Gasteiger partial charge in [0, 0.05) is 0 Å². The predicted molar refractivity (Wildman–Crippen MR) is 54.5 cm³/mol. The van der Waals surface area contributed by atoms with Gasteiger partial charge in [0.25, 0.3) is 0 Å². The third kappa shape index (κ3) is 2.26. The maximum Gasteiger partial charge on any atom is 0.327 e. The average Bonchev–Trinajstić information content (AvgIpc) is 2.74. The molecular weight excluding hydrogens is 260 g/mol. The van der Waals surface area contributed by atoms with Crippen LogP contribution in [0, 0.1) is 0 Å². The molecule has 1 nitrogen and oxygen atoms in total. The summed E-state index contributed by atoms with van der Waals surface area (Å²) in [5.41, 5.74) is 1.58. The van der Waals surface area contributed by atoms with Gasteiger partial charge < -0.3 is 4.74 Å². The summed E-state index contributed by atoms with van der Waals surface area (Å²) >= 11 is 5.42. The number of halogens is 5. The van der Waals surface area contributed by atoms with Gasteiger partial charge in [-0.1, -0.05) is 18.2 Å². The lowest BCUT2D eigenvalue weighted by Crippen LogP contribution is -2.31. The van der Waals surface area contributed by atoms with E-state index in [0.29, 0.717) is 13.2 Å². The van der Waals surface area contributed by atoms with Crippen molar-refractivity contribution < 1.29 is 22.3 Å². The maximum atomic E-state index is 13.1. The quantitative estimate of drug-likeness (QED) is 0.597. The van der Waals surface area contributed by atoms with E-state index in [0.717, 1.165) is 11.1 Å². The molecule has 0 spiro atoms. The summed E-state index contributed by atoms with van der Waals surface area (Å²) in [5, 5.41) is -2.03. The molecule has 1 aromatic carbocycles. The van der Waals surface area contributed by atoms with Gasteiger partial charge in [-0.2, -0.15) is 8.78 Å². The molecule has 0 fully saturated rings. The van der Waals surface area contributed by atoms with Crippen LogP contribution in [0.3, 0.4) is 0 Å². The SMILES string of the molecule is FC(F)C(F)(F)C(Cl)c1ccc2c(c1)COC2. The van der Waals surface area contributed by atoms with Crippen molar-refractivity contribution in [3.05, 3.63) is 34.9 Å². The van der Waals surface area contributed by atoms with Crippen LogP contribution in [0.1, 0.15) is 22.1 Å². The zero-order chi connectivity index (χ0) is 12.6. The molecule has 0 aromatic heterocycles. The van der Waals surface area contributed by atoms with E-state index in [4.69, 9.17) is 16.3 Å².